The SMILES string of the molecule is COc1ccc(NC(=O)CSC2=Nc3ccccc3C3=N[C@@H](C(C)C)C(=O)N23)cc1Cl. The van der Waals surface area contributed by atoms with Crippen LogP contribution in [0.3, 0.4) is 0 Å². The highest BCUT2D eigenvalue weighted by Gasteiger charge is 2.42. The van der Waals surface area contributed by atoms with Crippen molar-refractivity contribution in [1.82, 2.24) is 4.90 Å². The number of nitrogens with zero attached hydrogens (tertiary/aromatic N) is 3. The average Bonchev–Trinajstić information content (AvgIpc) is 3.10. The van der Waals surface area contributed by atoms with Gasteiger partial charge in [-0.2, -0.15) is 0 Å². The Bertz CT molecular complexity index is 1120. The number of amides is 2. The summed E-state index contributed by atoms with van der Waals surface area (Å²) in [5, 5.41) is 3.66. The van der Waals surface area contributed by atoms with Crippen molar-refractivity contribution in [1.29, 1.82) is 0 Å². The number of aliphatic imine (C=N–C) groups is 2. The quantitative estimate of drug-likeness (QED) is 0.725. The van der Waals surface area contributed by atoms with Gasteiger partial charge in [-0.25, -0.2) is 9.89 Å². The van der Waals surface area contributed by atoms with Crippen molar-refractivity contribution >= 4 is 57.6 Å². The number of methoxy groups -OCH3 is 1. The molecule has 2 aliphatic rings. The number of nitrogens with one attached hydrogen (secondary N) is 1. The van der Waals surface area contributed by atoms with E-state index in [-0.39, 0.29) is 23.5 Å². The van der Waals surface area contributed by atoms with Crippen molar-refractivity contribution in [3.05, 3.63) is 53.1 Å². The summed E-state index contributed by atoms with van der Waals surface area (Å²) in [7, 11) is 1.53. The second-order valence-corrected chi connectivity index (χ2v) is 8.76. The minimum atomic E-state index is -0.456. The molecular weight excluding hydrogens is 436 g/mol. The highest BCUT2D eigenvalue weighted by molar-refractivity contribution is 8.14. The molecule has 0 aromatic heterocycles. The second-order valence-electron chi connectivity index (χ2n) is 7.41. The summed E-state index contributed by atoms with van der Waals surface area (Å²) < 4.78 is 5.12. The molecule has 0 aliphatic carbocycles. The van der Waals surface area contributed by atoms with Crippen LogP contribution < -0.4 is 10.1 Å². The molecule has 0 fully saturated rings. The molecule has 0 bridgehead atoms. The van der Waals surface area contributed by atoms with Gasteiger partial charge in [0.05, 0.1) is 23.6 Å². The van der Waals surface area contributed by atoms with Gasteiger partial charge < -0.3 is 10.1 Å². The fourth-order valence-corrected chi connectivity index (χ4v) is 4.43. The molecule has 9 heteroatoms. The molecular formula is C22H21ClN4O3S. The van der Waals surface area contributed by atoms with Gasteiger partial charge in [0.1, 0.15) is 17.6 Å². The van der Waals surface area contributed by atoms with E-state index in [0.29, 0.717) is 27.5 Å². The van der Waals surface area contributed by atoms with Crippen LogP contribution in [0, 0.1) is 5.92 Å². The summed E-state index contributed by atoms with van der Waals surface area (Å²) in [6.45, 7) is 3.93. The van der Waals surface area contributed by atoms with Crippen molar-refractivity contribution < 1.29 is 14.3 Å². The van der Waals surface area contributed by atoms with E-state index < -0.39 is 6.04 Å². The number of hydrogen-bond donors (Lipinski definition) is 1. The number of thioether (sulfide) groups is 1. The summed E-state index contributed by atoms with van der Waals surface area (Å²) in [6, 6.07) is 12.1. The van der Waals surface area contributed by atoms with Crippen LogP contribution in [-0.4, -0.2) is 46.6 Å². The molecule has 0 saturated heterocycles. The first-order chi connectivity index (χ1) is 14.9. The number of para-hydroxylation sites is 1. The molecule has 2 aromatic rings. The minimum absolute atomic E-state index is 0.0622. The van der Waals surface area contributed by atoms with Gasteiger partial charge in [0.15, 0.2) is 5.17 Å². The van der Waals surface area contributed by atoms with Crippen molar-refractivity contribution in [2.24, 2.45) is 15.9 Å². The molecule has 1 atom stereocenters. The number of hydrogen-bond acceptors (Lipinski definition) is 6. The van der Waals surface area contributed by atoms with Crippen LogP contribution in [0.15, 0.2) is 52.4 Å². The van der Waals surface area contributed by atoms with Gasteiger partial charge in [0, 0.05) is 11.3 Å². The standard InChI is InChI=1S/C22H21ClN4O3S/c1-12(2)19-21(29)27-20(26-19)14-6-4-5-7-16(14)25-22(27)31-11-18(28)24-13-8-9-17(30-3)15(23)10-13/h4-10,12,19H,11H2,1-3H3,(H,24,28)/t19-/m0/s1. The Balaban J connectivity index is 1.52. The van der Waals surface area contributed by atoms with Gasteiger partial charge >= 0.3 is 0 Å². The van der Waals surface area contributed by atoms with Gasteiger partial charge in [-0.15, -0.1) is 0 Å². The topological polar surface area (TPSA) is 83.4 Å². The highest BCUT2D eigenvalue weighted by atomic mass is 35.5. The van der Waals surface area contributed by atoms with Crippen LogP contribution in [0.5, 0.6) is 5.75 Å². The fourth-order valence-electron chi connectivity index (χ4n) is 3.37. The van der Waals surface area contributed by atoms with Gasteiger partial charge in [-0.05, 0) is 36.2 Å². The maximum atomic E-state index is 13.0. The molecule has 31 heavy (non-hydrogen) atoms. The Morgan fingerprint density at radius 3 is 2.77 bits per heavy atom. The van der Waals surface area contributed by atoms with Crippen LogP contribution in [0.25, 0.3) is 0 Å². The van der Waals surface area contributed by atoms with E-state index in [1.54, 1.807) is 18.2 Å². The molecule has 7 nitrogen and oxygen atoms in total. The summed E-state index contributed by atoms with van der Waals surface area (Å²) in [5.41, 5.74) is 2.12. The second kappa shape index (κ2) is 8.72. The number of rotatable bonds is 5. The monoisotopic (exact) mass is 456 g/mol. The van der Waals surface area contributed by atoms with Gasteiger partial charge in [-0.1, -0.05) is 49.3 Å². The lowest BCUT2D eigenvalue weighted by molar-refractivity contribution is -0.125. The zero-order valence-electron chi connectivity index (χ0n) is 17.3. The smallest absolute Gasteiger partial charge is 0.259 e. The Kier molecular flexibility index (Phi) is 6.02. The van der Waals surface area contributed by atoms with E-state index in [1.807, 2.05) is 38.1 Å². The molecule has 160 valence electrons. The summed E-state index contributed by atoms with van der Waals surface area (Å²) in [6.07, 6.45) is 0. The number of anilines is 1. The maximum absolute atomic E-state index is 13.0. The first-order valence-electron chi connectivity index (χ1n) is 9.75. The Hall–Kier alpha value is -2.84. The molecule has 4 rings (SSSR count). The Morgan fingerprint density at radius 2 is 2.06 bits per heavy atom. The number of halogens is 1. The van der Waals surface area contributed by atoms with Crippen molar-refractivity contribution in [2.45, 2.75) is 19.9 Å². The van der Waals surface area contributed by atoms with Gasteiger partial charge in [0.2, 0.25) is 5.91 Å². The van der Waals surface area contributed by atoms with Crippen LogP contribution in [0.1, 0.15) is 19.4 Å². The number of benzene rings is 2. The van der Waals surface area contributed by atoms with Crippen LogP contribution in [0.4, 0.5) is 11.4 Å². The maximum Gasteiger partial charge on any atom is 0.259 e. The van der Waals surface area contributed by atoms with E-state index >= 15 is 0 Å². The van der Waals surface area contributed by atoms with E-state index in [9.17, 15) is 9.59 Å². The lowest BCUT2D eigenvalue weighted by Gasteiger charge is -2.25. The molecule has 0 radical (unpaired) electrons. The molecule has 1 N–H and O–H groups in total. The molecule has 0 unspecified atom stereocenters. The number of carbonyl (C=O) groups is 2. The third kappa shape index (κ3) is 4.18. The number of amidine groups is 2. The predicted octanol–water partition coefficient (Wildman–Crippen LogP) is 4.34. The lowest BCUT2D eigenvalue weighted by Crippen LogP contribution is -2.42. The van der Waals surface area contributed by atoms with Crippen molar-refractivity contribution in [3.63, 3.8) is 0 Å². The number of ether oxygens (including phenoxy) is 1. The van der Waals surface area contributed by atoms with E-state index in [1.165, 1.54) is 23.8 Å². The molecule has 0 saturated carbocycles. The lowest BCUT2D eigenvalue weighted by atomic mass is 10.1. The summed E-state index contributed by atoms with van der Waals surface area (Å²) >= 11 is 7.32. The third-order valence-corrected chi connectivity index (χ3v) is 6.13. The molecule has 2 amide bonds. The van der Waals surface area contributed by atoms with E-state index in [0.717, 1.165) is 11.3 Å². The zero-order valence-corrected chi connectivity index (χ0v) is 18.8. The average molecular weight is 457 g/mol. The first kappa shape index (κ1) is 21.4. The van der Waals surface area contributed by atoms with Crippen molar-refractivity contribution in [3.8, 4) is 5.75 Å². The summed E-state index contributed by atoms with van der Waals surface area (Å²) in [4.78, 5) is 36.4. The van der Waals surface area contributed by atoms with Crippen LogP contribution in [0.2, 0.25) is 5.02 Å². The van der Waals surface area contributed by atoms with Gasteiger partial charge in [0.25, 0.3) is 5.91 Å². The Labute approximate surface area is 189 Å². The van der Waals surface area contributed by atoms with E-state index in [2.05, 4.69) is 15.3 Å². The minimum Gasteiger partial charge on any atom is -0.495 e. The molecule has 2 heterocycles. The number of fused-ring (bicyclic) bond motifs is 3. The van der Waals surface area contributed by atoms with Crippen molar-refractivity contribution in [2.75, 3.05) is 18.2 Å². The first-order valence-corrected chi connectivity index (χ1v) is 11.1. The van der Waals surface area contributed by atoms with Crippen LogP contribution >= 0.6 is 23.4 Å². The van der Waals surface area contributed by atoms with E-state index in [4.69, 9.17) is 16.3 Å². The number of carbonyl (C=O) groups excluding carboxylic acids is 2. The Morgan fingerprint density at radius 1 is 1.29 bits per heavy atom. The molecule has 0 spiro atoms. The molecule has 2 aliphatic heterocycles. The zero-order chi connectivity index (χ0) is 22.1. The third-order valence-electron chi connectivity index (χ3n) is 4.90. The van der Waals surface area contributed by atoms with Crippen LogP contribution in [-0.2, 0) is 9.59 Å². The summed E-state index contributed by atoms with van der Waals surface area (Å²) in [5.74, 6) is 0.912. The normalized spacial score (nSPS) is 17.1. The largest absolute Gasteiger partial charge is 0.495 e. The fraction of sp³-hybridized carbons (Fsp3) is 0.273. The highest BCUT2D eigenvalue weighted by Crippen LogP contribution is 2.35. The predicted molar refractivity (Wildman–Crippen MR) is 125 cm³/mol. The van der Waals surface area contributed by atoms with Gasteiger partial charge in [-0.3, -0.25) is 14.6 Å². The molecule has 2 aromatic carbocycles.